The molecule has 1 N–H and O–H groups in total. The fraction of sp³-hybridized carbons (Fsp3) is 0.529. The van der Waals surface area contributed by atoms with Crippen molar-refractivity contribution in [2.24, 2.45) is 0 Å². The second-order valence-electron chi connectivity index (χ2n) is 6.31. The van der Waals surface area contributed by atoms with Crippen LogP contribution in [0.2, 0.25) is 0 Å². The van der Waals surface area contributed by atoms with Crippen LogP contribution in [0.3, 0.4) is 0 Å². The number of aromatic nitrogens is 2. The third kappa shape index (κ3) is 9.79. The van der Waals surface area contributed by atoms with E-state index in [9.17, 15) is 23.7 Å². The zero-order chi connectivity index (χ0) is 22.0. The summed E-state index contributed by atoms with van der Waals surface area (Å²) < 4.78 is 33.0. The Hall–Kier alpha value is -2.81. The van der Waals surface area contributed by atoms with Crippen molar-refractivity contribution in [3.8, 4) is 0 Å². The van der Waals surface area contributed by atoms with Crippen LogP contribution in [0.4, 0.5) is 9.59 Å². The van der Waals surface area contributed by atoms with Crippen LogP contribution in [0, 0.1) is 0 Å². The van der Waals surface area contributed by atoms with Gasteiger partial charge in [0.15, 0.2) is 7.80 Å². The lowest BCUT2D eigenvalue weighted by atomic mass is 10.5. The van der Waals surface area contributed by atoms with Gasteiger partial charge in [0, 0.05) is 25.0 Å². The Morgan fingerprint density at radius 2 is 1.59 bits per heavy atom. The molecule has 29 heavy (non-hydrogen) atoms. The fourth-order valence-electron chi connectivity index (χ4n) is 1.84. The van der Waals surface area contributed by atoms with Gasteiger partial charge < -0.3 is 23.5 Å². The van der Waals surface area contributed by atoms with Gasteiger partial charge in [-0.25, -0.2) is 14.4 Å². The van der Waals surface area contributed by atoms with E-state index in [1.807, 2.05) is 0 Å². The fourth-order valence-corrected chi connectivity index (χ4v) is 2.89. The van der Waals surface area contributed by atoms with Crippen LogP contribution in [0.5, 0.6) is 0 Å². The molecular weight excluding hydrogens is 407 g/mol. The molecule has 11 nitrogen and oxygen atoms in total. The summed E-state index contributed by atoms with van der Waals surface area (Å²) in [4.78, 5) is 48.0. The quantitative estimate of drug-likeness (QED) is 0.268. The topological polar surface area (TPSA) is 143 Å². The van der Waals surface area contributed by atoms with E-state index in [-0.39, 0.29) is 12.7 Å². The van der Waals surface area contributed by atoms with Crippen molar-refractivity contribution in [3.05, 3.63) is 45.3 Å². The molecule has 0 spiro atoms. The summed E-state index contributed by atoms with van der Waals surface area (Å²) in [6.07, 6.45) is 0.990. The molecular formula is C17H25N2O9P. The number of hydrogen-bond acceptors (Lipinski definition) is 9. The van der Waals surface area contributed by atoms with Gasteiger partial charge in [0.25, 0.3) is 5.56 Å². The summed E-state index contributed by atoms with van der Waals surface area (Å²) in [7, 11) is -2.79. The first-order valence-corrected chi connectivity index (χ1v) is 10.5. The van der Waals surface area contributed by atoms with E-state index in [0.29, 0.717) is 0 Å². The van der Waals surface area contributed by atoms with Gasteiger partial charge in [-0.05, 0) is 27.7 Å². The molecule has 0 aromatic carbocycles. The molecule has 0 amide bonds. The monoisotopic (exact) mass is 432 g/mol. The number of carbonyl (C=O) groups excluding carboxylic acids is 2. The molecule has 1 rings (SSSR count). The highest BCUT2D eigenvalue weighted by Gasteiger charge is 2.27. The lowest BCUT2D eigenvalue weighted by Gasteiger charge is -2.18. The van der Waals surface area contributed by atoms with Crippen LogP contribution < -0.4 is 11.2 Å². The number of H-pyrrole nitrogens is 1. The molecule has 0 aliphatic heterocycles. The predicted octanol–water partition coefficient (Wildman–Crippen LogP) is 2.06. The standard InChI is InChI=1S/C17H25N2O9P/c1-11(2)25-15(22)27-17(28-16(23)26-12(3)4)29(24)10-6-5-8-19-9-7-13(20)18-14(19)21/h5-7,9,11-12,17,29H,8,10H2,1-4H3,(H,18,20,21)/b6-5+. The van der Waals surface area contributed by atoms with Gasteiger partial charge in [0.05, 0.1) is 12.2 Å². The Bertz CT molecular complexity index is 833. The van der Waals surface area contributed by atoms with Crippen LogP contribution in [0.15, 0.2) is 34.0 Å². The summed E-state index contributed by atoms with van der Waals surface area (Å²) in [6, 6.07) is -0.478. The lowest BCUT2D eigenvalue weighted by Crippen LogP contribution is -2.28. The molecule has 1 atom stereocenters. The largest absolute Gasteiger partial charge is 0.512 e. The molecule has 1 aromatic heterocycles. The normalized spacial score (nSPS) is 12.4. The average Bonchev–Trinajstić information content (AvgIpc) is 2.58. The van der Waals surface area contributed by atoms with E-state index >= 15 is 0 Å². The number of nitrogens with zero attached hydrogens (tertiary/aromatic N) is 1. The van der Waals surface area contributed by atoms with Crippen molar-refractivity contribution in [1.82, 2.24) is 9.55 Å². The maximum Gasteiger partial charge on any atom is 0.512 e. The molecule has 0 fully saturated rings. The number of nitrogens with one attached hydrogen (secondary N) is 1. The molecule has 0 aliphatic carbocycles. The smallest absolute Gasteiger partial charge is 0.431 e. The third-order valence-electron chi connectivity index (χ3n) is 3.02. The van der Waals surface area contributed by atoms with E-state index in [1.165, 1.54) is 29.0 Å². The first kappa shape index (κ1) is 24.2. The van der Waals surface area contributed by atoms with Gasteiger partial charge in [0.2, 0.25) is 0 Å². The van der Waals surface area contributed by atoms with E-state index in [2.05, 4.69) is 4.98 Å². The molecule has 1 heterocycles. The minimum Gasteiger partial charge on any atom is -0.431 e. The Morgan fingerprint density at radius 1 is 1.03 bits per heavy atom. The summed E-state index contributed by atoms with van der Waals surface area (Å²) in [5.41, 5.74) is -1.11. The minimum atomic E-state index is -2.79. The number of hydrogen-bond donors (Lipinski definition) is 1. The van der Waals surface area contributed by atoms with Crippen LogP contribution in [0.25, 0.3) is 0 Å². The lowest BCUT2D eigenvalue weighted by molar-refractivity contribution is -0.0715. The molecule has 0 bridgehead atoms. The highest BCUT2D eigenvalue weighted by molar-refractivity contribution is 7.45. The van der Waals surface area contributed by atoms with E-state index in [4.69, 9.17) is 18.9 Å². The Labute approximate surface area is 167 Å². The molecule has 1 unspecified atom stereocenters. The Kier molecular flexibility index (Phi) is 9.94. The highest BCUT2D eigenvalue weighted by atomic mass is 31.1. The van der Waals surface area contributed by atoms with Crippen LogP contribution in [-0.4, -0.2) is 46.3 Å². The Balaban J connectivity index is 2.73. The van der Waals surface area contributed by atoms with Gasteiger partial charge >= 0.3 is 24.0 Å². The van der Waals surface area contributed by atoms with Crippen molar-refractivity contribution in [3.63, 3.8) is 0 Å². The van der Waals surface area contributed by atoms with Gasteiger partial charge in [-0.3, -0.25) is 14.3 Å². The van der Waals surface area contributed by atoms with Crippen LogP contribution >= 0.6 is 7.80 Å². The van der Waals surface area contributed by atoms with Gasteiger partial charge in [0.1, 0.15) is 0 Å². The zero-order valence-electron chi connectivity index (χ0n) is 16.6. The number of rotatable bonds is 9. The first-order chi connectivity index (χ1) is 13.6. The maximum absolute atomic E-state index is 12.5. The molecule has 12 heteroatoms. The van der Waals surface area contributed by atoms with E-state index in [1.54, 1.807) is 27.7 Å². The maximum atomic E-state index is 12.5. The van der Waals surface area contributed by atoms with Crippen molar-refractivity contribution >= 4 is 20.1 Å². The van der Waals surface area contributed by atoms with Crippen molar-refractivity contribution in [2.45, 2.75) is 52.5 Å². The molecule has 0 saturated heterocycles. The first-order valence-electron chi connectivity index (χ1n) is 8.80. The molecule has 0 aliphatic rings. The molecule has 0 saturated carbocycles. The third-order valence-corrected chi connectivity index (χ3v) is 4.42. The van der Waals surface area contributed by atoms with E-state index < -0.39 is 49.6 Å². The highest BCUT2D eigenvalue weighted by Crippen LogP contribution is 2.31. The minimum absolute atomic E-state index is 0.0860. The van der Waals surface area contributed by atoms with E-state index in [0.717, 1.165) is 0 Å². The summed E-state index contributed by atoms with van der Waals surface area (Å²) in [6.45, 7) is 6.48. The molecule has 162 valence electrons. The number of allylic oxidation sites excluding steroid dienone is 2. The van der Waals surface area contributed by atoms with Crippen LogP contribution in [0.1, 0.15) is 27.7 Å². The van der Waals surface area contributed by atoms with Gasteiger partial charge in [-0.15, -0.1) is 0 Å². The SMILES string of the molecule is CC(C)OC(=O)OC(OC(=O)OC(C)C)[PH](=O)C/C=C/Cn1ccc(=O)[nH]c1=O. The summed E-state index contributed by atoms with van der Waals surface area (Å²) in [5, 5.41) is 0. The van der Waals surface area contributed by atoms with Crippen molar-refractivity contribution < 1.29 is 33.1 Å². The second-order valence-corrected chi connectivity index (χ2v) is 8.12. The second kappa shape index (κ2) is 11.9. The van der Waals surface area contributed by atoms with Gasteiger partial charge in [-0.2, -0.15) is 0 Å². The van der Waals surface area contributed by atoms with Crippen molar-refractivity contribution in [2.75, 3.05) is 6.16 Å². The number of carbonyl (C=O) groups is 2. The summed E-state index contributed by atoms with van der Waals surface area (Å²) in [5.74, 6) is 0. The number of ether oxygens (including phenoxy) is 4. The molecule has 1 aromatic rings. The zero-order valence-corrected chi connectivity index (χ0v) is 17.6. The average molecular weight is 432 g/mol. The summed E-state index contributed by atoms with van der Waals surface area (Å²) >= 11 is 0. The van der Waals surface area contributed by atoms with Crippen molar-refractivity contribution in [1.29, 1.82) is 0 Å². The number of aromatic amines is 1. The predicted molar refractivity (Wildman–Crippen MR) is 104 cm³/mol. The van der Waals surface area contributed by atoms with Crippen LogP contribution in [-0.2, 0) is 30.1 Å². The van der Waals surface area contributed by atoms with Gasteiger partial charge in [-0.1, -0.05) is 12.2 Å². The Morgan fingerprint density at radius 3 is 2.07 bits per heavy atom. The molecule has 0 radical (unpaired) electrons.